The van der Waals surface area contributed by atoms with Crippen molar-refractivity contribution in [3.8, 4) is 16.9 Å². The highest BCUT2D eigenvalue weighted by Crippen LogP contribution is 2.25. The van der Waals surface area contributed by atoms with Crippen LogP contribution < -0.4 is 10.3 Å². The summed E-state index contributed by atoms with van der Waals surface area (Å²) in [5.41, 5.74) is 2.33. The van der Waals surface area contributed by atoms with Gasteiger partial charge in [0.15, 0.2) is 0 Å². The zero-order valence-electron chi connectivity index (χ0n) is 21.1. The Morgan fingerprint density at radius 3 is 2.25 bits per heavy atom. The lowest BCUT2D eigenvalue weighted by Crippen LogP contribution is -2.19. The molecule has 0 saturated heterocycles. The number of aromatic amines is 1. The third-order valence-corrected chi connectivity index (χ3v) is 7.35. The molecule has 2 aromatic heterocycles. The van der Waals surface area contributed by atoms with Crippen molar-refractivity contribution >= 4 is 32.9 Å². The van der Waals surface area contributed by atoms with Gasteiger partial charge in [-0.15, -0.1) is 0 Å². The van der Waals surface area contributed by atoms with Gasteiger partial charge in [-0.2, -0.15) is 0 Å². The van der Waals surface area contributed by atoms with Crippen molar-refractivity contribution in [1.29, 1.82) is 0 Å². The molecule has 0 amide bonds. The van der Waals surface area contributed by atoms with Gasteiger partial charge in [0.1, 0.15) is 5.82 Å². The average molecular weight is 555 g/mol. The molecule has 3 aromatic carbocycles. The number of nitro groups is 1. The summed E-state index contributed by atoms with van der Waals surface area (Å²) >= 11 is 0. The summed E-state index contributed by atoms with van der Waals surface area (Å²) in [7, 11) is -3.86. The molecule has 0 saturated carbocycles. The first-order valence-electron chi connectivity index (χ1n) is 12.0. The molecular formula is C28H22N6O5S. The van der Waals surface area contributed by atoms with Crippen LogP contribution in [0.2, 0.25) is 0 Å². The van der Waals surface area contributed by atoms with Gasteiger partial charge in [0, 0.05) is 23.9 Å². The number of nitrogens with zero attached hydrogens (tertiary/aromatic N) is 4. The van der Waals surface area contributed by atoms with Gasteiger partial charge < -0.3 is 0 Å². The first-order valence-corrected chi connectivity index (χ1v) is 13.5. The van der Waals surface area contributed by atoms with E-state index in [9.17, 15) is 23.3 Å². The number of pyridine rings is 1. The van der Waals surface area contributed by atoms with Crippen LogP contribution in [0.3, 0.4) is 0 Å². The minimum absolute atomic E-state index is 0.0295. The number of rotatable bonds is 8. The van der Waals surface area contributed by atoms with Crippen LogP contribution in [0.1, 0.15) is 12.5 Å². The van der Waals surface area contributed by atoms with Gasteiger partial charge >= 0.3 is 0 Å². The van der Waals surface area contributed by atoms with Gasteiger partial charge in [0.25, 0.3) is 21.3 Å². The largest absolute Gasteiger partial charge is 0.290 e. The lowest BCUT2D eigenvalue weighted by molar-refractivity contribution is -0.384. The molecule has 0 aliphatic carbocycles. The highest BCUT2D eigenvalue weighted by Gasteiger charge is 2.20. The smallest absolute Gasteiger partial charge is 0.280 e. The second kappa shape index (κ2) is 10.8. The van der Waals surface area contributed by atoms with Crippen molar-refractivity contribution < 1.29 is 13.3 Å². The average Bonchev–Trinajstić information content (AvgIpc) is 3.31. The summed E-state index contributed by atoms with van der Waals surface area (Å²) in [5.74, 6) is 0.200. The Morgan fingerprint density at radius 1 is 0.950 bits per heavy atom. The summed E-state index contributed by atoms with van der Waals surface area (Å²) in [5, 5.41) is 14.2. The predicted molar refractivity (Wildman–Crippen MR) is 152 cm³/mol. The number of aliphatic imine (C=N–C) groups is 1. The van der Waals surface area contributed by atoms with Gasteiger partial charge in [-0.3, -0.25) is 29.7 Å². The van der Waals surface area contributed by atoms with Crippen LogP contribution in [0.15, 0.2) is 118 Å². The molecule has 0 radical (unpaired) electrons. The molecule has 0 spiro atoms. The van der Waals surface area contributed by atoms with E-state index in [1.54, 1.807) is 37.3 Å². The number of hydrogen-bond acceptors (Lipinski definition) is 7. The van der Waals surface area contributed by atoms with Crippen molar-refractivity contribution in [1.82, 2.24) is 14.8 Å². The molecule has 11 nitrogen and oxygen atoms in total. The maximum absolute atomic E-state index is 13.6. The van der Waals surface area contributed by atoms with Crippen LogP contribution in [-0.2, 0) is 10.0 Å². The molecule has 0 atom stereocenters. The van der Waals surface area contributed by atoms with Crippen molar-refractivity contribution in [2.45, 2.75) is 11.8 Å². The standard InChI is InChI=1S/C28H22N6O5S/c1-19(30-21-10-16-24(17-11-21)40(38,39)32-25-9-5-6-18-29-25)26-27(20-7-3-2-4-8-20)31-33(28(26)35)22-12-14-23(15-13-22)34(36)37/h2-18,31H,1H3,(H,29,32). The van der Waals surface area contributed by atoms with E-state index < -0.39 is 20.5 Å². The highest BCUT2D eigenvalue weighted by molar-refractivity contribution is 7.92. The molecule has 2 N–H and O–H groups in total. The Hall–Kier alpha value is -5.36. The second-order valence-electron chi connectivity index (χ2n) is 8.65. The van der Waals surface area contributed by atoms with Gasteiger partial charge in [-0.25, -0.2) is 18.1 Å². The van der Waals surface area contributed by atoms with Gasteiger partial charge in [0.05, 0.1) is 38.2 Å². The summed E-state index contributed by atoms with van der Waals surface area (Å²) in [6, 6.07) is 25.7. The quantitative estimate of drug-likeness (QED) is 0.155. The van der Waals surface area contributed by atoms with Crippen LogP contribution in [0, 0.1) is 10.1 Å². The van der Waals surface area contributed by atoms with E-state index >= 15 is 0 Å². The van der Waals surface area contributed by atoms with E-state index in [-0.39, 0.29) is 16.4 Å². The van der Waals surface area contributed by atoms with Crippen molar-refractivity contribution in [2.75, 3.05) is 4.72 Å². The molecule has 200 valence electrons. The molecule has 0 fully saturated rings. The maximum Gasteiger partial charge on any atom is 0.280 e. The number of non-ortho nitro benzene ring substituents is 1. The summed E-state index contributed by atoms with van der Waals surface area (Å²) < 4.78 is 29.2. The third-order valence-electron chi connectivity index (χ3n) is 5.98. The molecule has 5 rings (SSSR count). The maximum atomic E-state index is 13.6. The van der Waals surface area contributed by atoms with Crippen LogP contribution in [0.5, 0.6) is 0 Å². The fourth-order valence-electron chi connectivity index (χ4n) is 4.06. The van der Waals surface area contributed by atoms with Crippen molar-refractivity contribution in [3.05, 3.63) is 129 Å². The fourth-order valence-corrected chi connectivity index (χ4v) is 5.07. The van der Waals surface area contributed by atoms with Crippen LogP contribution in [0.25, 0.3) is 16.9 Å². The number of nitrogens with one attached hydrogen (secondary N) is 2. The van der Waals surface area contributed by atoms with Crippen LogP contribution >= 0.6 is 0 Å². The van der Waals surface area contributed by atoms with Crippen molar-refractivity contribution in [3.63, 3.8) is 0 Å². The minimum atomic E-state index is -3.86. The molecule has 0 aliphatic heterocycles. The van der Waals surface area contributed by atoms with E-state index in [1.165, 1.54) is 47.3 Å². The van der Waals surface area contributed by atoms with Crippen molar-refractivity contribution in [2.24, 2.45) is 4.99 Å². The Kier molecular flexibility index (Phi) is 7.08. The number of sulfonamides is 1. The normalized spacial score (nSPS) is 11.8. The number of nitro benzene ring substituents is 1. The molecule has 0 aliphatic rings. The molecule has 2 heterocycles. The van der Waals surface area contributed by atoms with Gasteiger partial charge in [-0.1, -0.05) is 36.4 Å². The predicted octanol–water partition coefficient (Wildman–Crippen LogP) is 5.08. The summed E-state index contributed by atoms with van der Waals surface area (Å²) in [4.78, 5) is 32.7. The molecule has 12 heteroatoms. The number of aromatic nitrogens is 3. The minimum Gasteiger partial charge on any atom is -0.290 e. The Morgan fingerprint density at radius 2 is 1.62 bits per heavy atom. The second-order valence-corrected chi connectivity index (χ2v) is 10.3. The summed E-state index contributed by atoms with van der Waals surface area (Å²) in [6.45, 7) is 1.68. The number of benzene rings is 3. The van der Waals surface area contributed by atoms with E-state index in [0.29, 0.717) is 28.3 Å². The lowest BCUT2D eigenvalue weighted by Gasteiger charge is -2.07. The highest BCUT2D eigenvalue weighted by atomic mass is 32.2. The van der Waals surface area contributed by atoms with Gasteiger partial charge in [-0.05, 0) is 55.5 Å². The Balaban J connectivity index is 1.51. The monoisotopic (exact) mass is 554 g/mol. The Bertz CT molecular complexity index is 1860. The zero-order valence-corrected chi connectivity index (χ0v) is 21.9. The van der Waals surface area contributed by atoms with Crippen LogP contribution in [-0.4, -0.2) is 33.8 Å². The topological polar surface area (TPSA) is 152 Å². The fraction of sp³-hybridized carbons (Fsp3) is 0.0357. The lowest BCUT2D eigenvalue weighted by atomic mass is 10.1. The Labute approximate surface area is 228 Å². The number of H-pyrrole nitrogens is 1. The van der Waals surface area contributed by atoms with Crippen LogP contribution in [0.4, 0.5) is 17.2 Å². The first kappa shape index (κ1) is 26.3. The number of anilines is 1. The van der Waals surface area contributed by atoms with E-state index in [0.717, 1.165) is 5.56 Å². The van der Waals surface area contributed by atoms with E-state index in [1.807, 2.05) is 30.3 Å². The molecule has 5 aromatic rings. The first-order chi connectivity index (χ1) is 19.2. The zero-order chi connectivity index (χ0) is 28.3. The molecule has 40 heavy (non-hydrogen) atoms. The summed E-state index contributed by atoms with van der Waals surface area (Å²) in [6.07, 6.45) is 1.48. The third kappa shape index (κ3) is 5.42. The molecular weight excluding hydrogens is 532 g/mol. The van der Waals surface area contributed by atoms with E-state index in [2.05, 4.69) is 19.8 Å². The number of hydrogen-bond donors (Lipinski definition) is 2. The SMILES string of the molecule is CC(=Nc1ccc(S(=O)(=O)Nc2ccccn2)cc1)c1c(-c2ccccc2)[nH]n(-c2ccc([N+](=O)[O-])cc2)c1=O. The molecule has 0 bridgehead atoms. The molecule has 0 unspecified atom stereocenters. The van der Waals surface area contributed by atoms with E-state index in [4.69, 9.17) is 0 Å². The van der Waals surface area contributed by atoms with Gasteiger partial charge in [0.2, 0.25) is 0 Å².